The van der Waals surface area contributed by atoms with Gasteiger partial charge in [-0.1, -0.05) is 12.1 Å². The van der Waals surface area contributed by atoms with Crippen LogP contribution < -0.4 is 5.32 Å². The molecule has 1 heterocycles. The highest BCUT2D eigenvalue weighted by atomic mass is 19.1. The number of carbonyl (C=O) groups excluding carboxylic acids is 1. The summed E-state index contributed by atoms with van der Waals surface area (Å²) >= 11 is 0. The van der Waals surface area contributed by atoms with Crippen LogP contribution in [0.25, 0.3) is 6.08 Å². The molecule has 0 bridgehead atoms. The van der Waals surface area contributed by atoms with E-state index in [1.165, 1.54) is 48.7 Å². The number of carbonyl (C=O) groups is 2. The van der Waals surface area contributed by atoms with E-state index in [0.29, 0.717) is 5.56 Å². The lowest BCUT2D eigenvalue weighted by molar-refractivity contribution is -0.132. The van der Waals surface area contributed by atoms with Crippen molar-refractivity contribution in [2.45, 2.75) is 0 Å². The van der Waals surface area contributed by atoms with Gasteiger partial charge in [-0.15, -0.1) is 0 Å². The van der Waals surface area contributed by atoms with Crippen LogP contribution in [0, 0.1) is 5.82 Å². The summed E-state index contributed by atoms with van der Waals surface area (Å²) in [5, 5.41) is 11.3. The van der Waals surface area contributed by atoms with Crippen molar-refractivity contribution < 1.29 is 23.5 Å². The van der Waals surface area contributed by atoms with E-state index in [-0.39, 0.29) is 11.5 Å². The van der Waals surface area contributed by atoms with Gasteiger partial charge in [-0.25, -0.2) is 9.18 Å². The van der Waals surface area contributed by atoms with E-state index in [1.54, 1.807) is 0 Å². The first kappa shape index (κ1) is 13.5. The molecule has 1 aromatic heterocycles. The monoisotopic (exact) mass is 275 g/mol. The van der Waals surface area contributed by atoms with Gasteiger partial charge in [0.2, 0.25) is 0 Å². The smallest absolute Gasteiger partial charge is 0.352 e. The largest absolute Gasteiger partial charge is 0.477 e. The fourth-order valence-electron chi connectivity index (χ4n) is 1.47. The summed E-state index contributed by atoms with van der Waals surface area (Å²) in [5.41, 5.74) is 0.113. The predicted octanol–water partition coefficient (Wildman–Crippen LogP) is 2.27. The van der Waals surface area contributed by atoms with Crippen LogP contribution in [0.3, 0.4) is 0 Å². The van der Waals surface area contributed by atoms with Gasteiger partial charge >= 0.3 is 5.97 Å². The highest BCUT2D eigenvalue weighted by Crippen LogP contribution is 2.08. The zero-order valence-corrected chi connectivity index (χ0v) is 10.2. The predicted molar refractivity (Wildman–Crippen MR) is 68.2 cm³/mol. The number of hydrogen-bond acceptors (Lipinski definition) is 3. The topological polar surface area (TPSA) is 79.5 Å². The Balaban J connectivity index is 2.21. The van der Waals surface area contributed by atoms with E-state index in [1.807, 2.05) is 0 Å². The van der Waals surface area contributed by atoms with Gasteiger partial charge in [0.15, 0.2) is 5.76 Å². The molecule has 102 valence electrons. The standard InChI is InChI=1S/C14H10FNO4/c15-10-5-3-9(4-6-10)8-11(14(18)19)16-13(17)12-2-1-7-20-12/h1-8H,(H,16,17)(H,18,19). The maximum Gasteiger partial charge on any atom is 0.352 e. The molecule has 0 fully saturated rings. The Labute approximate surface area is 113 Å². The third-order valence-electron chi connectivity index (χ3n) is 2.40. The van der Waals surface area contributed by atoms with Crippen LogP contribution in [0.1, 0.15) is 16.1 Å². The zero-order valence-electron chi connectivity index (χ0n) is 10.2. The van der Waals surface area contributed by atoms with Crippen molar-refractivity contribution in [3.8, 4) is 0 Å². The molecule has 1 amide bonds. The van der Waals surface area contributed by atoms with Crippen LogP contribution in [0.15, 0.2) is 52.8 Å². The van der Waals surface area contributed by atoms with Gasteiger partial charge in [0.05, 0.1) is 6.26 Å². The summed E-state index contributed by atoms with van der Waals surface area (Å²) in [6.07, 6.45) is 2.53. The Kier molecular flexibility index (Phi) is 3.95. The Hall–Kier alpha value is -2.89. The first-order chi connectivity index (χ1) is 9.56. The van der Waals surface area contributed by atoms with Gasteiger partial charge in [0.25, 0.3) is 5.91 Å². The van der Waals surface area contributed by atoms with E-state index in [9.17, 15) is 14.0 Å². The van der Waals surface area contributed by atoms with Crippen LogP contribution in [-0.2, 0) is 4.79 Å². The average Bonchev–Trinajstić information content (AvgIpc) is 2.94. The molecule has 6 heteroatoms. The summed E-state index contributed by atoms with van der Waals surface area (Å²) in [4.78, 5) is 22.8. The van der Waals surface area contributed by atoms with Gasteiger partial charge in [0, 0.05) is 0 Å². The molecule has 1 aromatic carbocycles. The van der Waals surface area contributed by atoms with Gasteiger partial charge in [-0.2, -0.15) is 0 Å². The Morgan fingerprint density at radius 1 is 1.20 bits per heavy atom. The number of carboxylic acid groups (broad SMARTS) is 1. The molecule has 0 aliphatic carbocycles. The van der Waals surface area contributed by atoms with Crippen molar-refractivity contribution in [2.24, 2.45) is 0 Å². The number of benzene rings is 1. The number of aliphatic carboxylic acids is 1. The molecule has 0 saturated heterocycles. The average molecular weight is 275 g/mol. The van der Waals surface area contributed by atoms with Gasteiger partial charge < -0.3 is 14.8 Å². The number of hydrogen-bond donors (Lipinski definition) is 2. The Morgan fingerprint density at radius 3 is 2.45 bits per heavy atom. The van der Waals surface area contributed by atoms with Crippen molar-refractivity contribution in [1.82, 2.24) is 5.32 Å². The fraction of sp³-hybridized carbons (Fsp3) is 0. The lowest BCUT2D eigenvalue weighted by atomic mass is 10.2. The second kappa shape index (κ2) is 5.83. The molecule has 0 atom stereocenters. The van der Waals surface area contributed by atoms with Crippen LogP contribution in [-0.4, -0.2) is 17.0 Å². The van der Waals surface area contributed by atoms with E-state index < -0.39 is 17.7 Å². The summed E-state index contributed by atoms with van der Waals surface area (Å²) in [7, 11) is 0. The molecule has 0 aliphatic rings. The summed E-state index contributed by atoms with van der Waals surface area (Å²) in [6.45, 7) is 0. The first-order valence-corrected chi connectivity index (χ1v) is 5.61. The van der Waals surface area contributed by atoms with Crippen molar-refractivity contribution >= 4 is 18.0 Å². The minimum Gasteiger partial charge on any atom is -0.477 e. The quantitative estimate of drug-likeness (QED) is 0.839. The lowest BCUT2D eigenvalue weighted by Crippen LogP contribution is -2.26. The number of amides is 1. The highest BCUT2D eigenvalue weighted by Gasteiger charge is 2.15. The fourth-order valence-corrected chi connectivity index (χ4v) is 1.47. The molecule has 0 unspecified atom stereocenters. The molecule has 0 saturated carbocycles. The number of furan rings is 1. The minimum absolute atomic E-state index is 0.00347. The Bertz CT molecular complexity index is 644. The molecule has 0 radical (unpaired) electrons. The van der Waals surface area contributed by atoms with E-state index in [0.717, 1.165) is 0 Å². The van der Waals surface area contributed by atoms with Crippen LogP contribution in [0.4, 0.5) is 4.39 Å². The van der Waals surface area contributed by atoms with E-state index in [2.05, 4.69) is 5.32 Å². The molecule has 0 spiro atoms. The van der Waals surface area contributed by atoms with Crippen LogP contribution >= 0.6 is 0 Å². The molecule has 0 aliphatic heterocycles. The Morgan fingerprint density at radius 2 is 1.90 bits per heavy atom. The van der Waals surface area contributed by atoms with Gasteiger partial charge in [-0.3, -0.25) is 4.79 Å². The van der Waals surface area contributed by atoms with Crippen molar-refractivity contribution in [2.75, 3.05) is 0 Å². The van der Waals surface area contributed by atoms with Crippen molar-refractivity contribution in [3.63, 3.8) is 0 Å². The summed E-state index contributed by atoms with van der Waals surface area (Å²) in [5.74, 6) is -2.42. The van der Waals surface area contributed by atoms with Gasteiger partial charge in [-0.05, 0) is 35.9 Å². The summed E-state index contributed by atoms with van der Waals surface area (Å²) in [6, 6.07) is 8.11. The zero-order chi connectivity index (χ0) is 14.5. The minimum atomic E-state index is -1.31. The molecule has 2 N–H and O–H groups in total. The number of nitrogens with one attached hydrogen (secondary N) is 1. The van der Waals surface area contributed by atoms with E-state index in [4.69, 9.17) is 9.52 Å². The van der Waals surface area contributed by atoms with Crippen LogP contribution in [0.5, 0.6) is 0 Å². The number of carboxylic acids is 1. The highest BCUT2D eigenvalue weighted by molar-refractivity contribution is 6.01. The molecular weight excluding hydrogens is 265 g/mol. The third-order valence-corrected chi connectivity index (χ3v) is 2.40. The number of halogens is 1. The lowest BCUT2D eigenvalue weighted by Gasteiger charge is -2.04. The molecule has 5 nitrogen and oxygen atoms in total. The normalized spacial score (nSPS) is 11.2. The molecule has 2 rings (SSSR count). The number of rotatable bonds is 4. The SMILES string of the molecule is O=C(O)C(=Cc1ccc(F)cc1)NC(=O)c1ccco1. The second-order valence-corrected chi connectivity index (χ2v) is 3.85. The maximum atomic E-state index is 12.8. The maximum absolute atomic E-state index is 12.8. The van der Waals surface area contributed by atoms with Crippen molar-refractivity contribution in [3.05, 3.63) is 65.5 Å². The summed E-state index contributed by atoms with van der Waals surface area (Å²) < 4.78 is 17.6. The molecular formula is C14H10FNO4. The second-order valence-electron chi connectivity index (χ2n) is 3.85. The van der Waals surface area contributed by atoms with Crippen LogP contribution in [0.2, 0.25) is 0 Å². The third kappa shape index (κ3) is 3.32. The van der Waals surface area contributed by atoms with Gasteiger partial charge in [0.1, 0.15) is 11.5 Å². The molecule has 2 aromatic rings. The molecule has 20 heavy (non-hydrogen) atoms. The van der Waals surface area contributed by atoms with E-state index >= 15 is 0 Å². The van der Waals surface area contributed by atoms with Crippen molar-refractivity contribution in [1.29, 1.82) is 0 Å². The first-order valence-electron chi connectivity index (χ1n) is 5.61.